The van der Waals surface area contributed by atoms with E-state index in [1.165, 1.54) is 24.8 Å². The summed E-state index contributed by atoms with van der Waals surface area (Å²) < 4.78 is 5.39. The standard InChI is InChI=1S/C17H24O2/c1-17(2,3)16(19-4)15(18)14-10-8-13(9-11-14)12-6-5-7-12/h8-12,16H,5-7H2,1-4H3. The summed E-state index contributed by atoms with van der Waals surface area (Å²) in [6.07, 6.45) is 3.52. The van der Waals surface area contributed by atoms with E-state index < -0.39 is 0 Å². The average Bonchev–Trinajstić information content (AvgIpc) is 2.26. The molecular weight excluding hydrogens is 236 g/mol. The molecule has 0 aliphatic heterocycles. The van der Waals surface area contributed by atoms with Crippen LogP contribution in [0.5, 0.6) is 0 Å². The Labute approximate surface area is 116 Å². The lowest BCUT2D eigenvalue weighted by atomic mass is 9.79. The van der Waals surface area contributed by atoms with Crippen molar-refractivity contribution in [2.75, 3.05) is 7.11 Å². The van der Waals surface area contributed by atoms with Crippen molar-refractivity contribution in [1.82, 2.24) is 0 Å². The molecule has 19 heavy (non-hydrogen) atoms. The second-order valence-corrected chi connectivity index (χ2v) is 6.60. The first kappa shape index (κ1) is 14.3. The predicted octanol–water partition coefficient (Wildman–Crippen LogP) is 4.20. The Hall–Kier alpha value is -1.15. The van der Waals surface area contributed by atoms with Crippen LogP contribution in [0.1, 0.15) is 61.9 Å². The summed E-state index contributed by atoms with van der Waals surface area (Å²) in [5.74, 6) is 0.792. The molecule has 0 spiro atoms. The maximum Gasteiger partial charge on any atom is 0.192 e. The third-order valence-corrected chi connectivity index (χ3v) is 4.03. The number of ether oxygens (including phenoxy) is 1. The highest BCUT2D eigenvalue weighted by Gasteiger charge is 2.32. The van der Waals surface area contributed by atoms with Crippen LogP contribution in [0, 0.1) is 5.41 Å². The number of benzene rings is 1. The monoisotopic (exact) mass is 260 g/mol. The van der Waals surface area contributed by atoms with Gasteiger partial charge in [-0.15, -0.1) is 0 Å². The molecule has 1 unspecified atom stereocenters. The number of hydrogen-bond donors (Lipinski definition) is 0. The fraction of sp³-hybridized carbons (Fsp3) is 0.588. The zero-order valence-electron chi connectivity index (χ0n) is 12.4. The van der Waals surface area contributed by atoms with Crippen LogP contribution in [0.3, 0.4) is 0 Å². The van der Waals surface area contributed by atoms with Crippen LogP contribution in [0.15, 0.2) is 24.3 Å². The van der Waals surface area contributed by atoms with Gasteiger partial charge in [0.25, 0.3) is 0 Å². The molecule has 1 aliphatic carbocycles. The predicted molar refractivity (Wildman–Crippen MR) is 77.6 cm³/mol. The summed E-state index contributed by atoms with van der Waals surface area (Å²) in [5.41, 5.74) is 1.94. The summed E-state index contributed by atoms with van der Waals surface area (Å²) in [7, 11) is 1.61. The van der Waals surface area contributed by atoms with Crippen molar-refractivity contribution >= 4 is 5.78 Å². The van der Waals surface area contributed by atoms with E-state index in [4.69, 9.17) is 4.74 Å². The summed E-state index contributed by atoms with van der Waals surface area (Å²) in [6.45, 7) is 6.09. The Bertz CT molecular complexity index is 435. The van der Waals surface area contributed by atoms with Gasteiger partial charge in [-0.05, 0) is 29.7 Å². The van der Waals surface area contributed by atoms with Crippen molar-refractivity contribution in [3.63, 3.8) is 0 Å². The van der Waals surface area contributed by atoms with Gasteiger partial charge in [0.2, 0.25) is 0 Å². The molecule has 0 bridgehead atoms. The molecular formula is C17H24O2. The maximum absolute atomic E-state index is 12.5. The number of Topliss-reactive ketones (excluding diaryl/α,β-unsaturated/α-hetero) is 1. The van der Waals surface area contributed by atoms with Crippen LogP contribution < -0.4 is 0 Å². The van der Waals surface area contributed by atoms with Crippen LogP contribution >= 0.6 is 0 Å². The van der Waals surface area contributed by atoms with Gasteiger partial charge in [-0.25, -0.2) is 0 Å². The van der Waals surface area contributed by atoms with Gasteiger partial charge in [0.1, 0.15) is 6.10 Å². The molecule has 0 amide bonds. The molecule has 2 nitrogen and oxygen atoms in total. The Morgan fingerprint density at radius 1 is 1.21 bits per heavy atom. The molecule has 1 aliphatic rings. The summed E-state index contributed by atoms with van der Waals surface area (Å²) in [5, 5.41) is 0. The first-order valence-corrected chi connectivity index (χ1v) is 7.10. The molecule has 0 N–H and O–H groups in total. The molecule has 1 fully saturated rings. The van der Waals surface area contributed by atoms with Gasteiger partial charge in [-0.2, -0.15) is 0 Å². The smallest absolute Gasteiger partial charge is 0.192 e. The van der Waals surface area contributed by atoms with Crippen LogP contribution in [-0.4, -0.2) is 19.0 Å². The zero-order valence-corrected chi connectivity index (χ0v) is 12.4. The fourth-order valence-corrected chi connectivity index (χ4v) is 2.67. The highest BCUT2D eigenvalue weighted by Crippen LogP contribution is 2.36. The molecule has 0 radical (unpaired) electrons. The summed E-state index contributed by atoms with van der Waals surface area (Å²) in [6, 6.07) is 8.11. The molecule has 104 valence electrons. The quantitative estimate of drug-likeness (QED) is 0.758. The van der Waals surface area contributed by atoms with E-state index in [-0.39, 0.29) is 17.3 Å². The normalized spacial score (nSPS) is 17.9. The van der Waals surface area contributed by atoms with E-state index in [0.717, 1.165) is 5.56 Å². The first-order valence-electron chi connectivity index (χ1n) is 7.10. The Balaban J connectivity index is 2.14. The van der Waals surface area contributed by atoms with Gasteiger partial charge in [-0.1, -0.05) is 51.5 Å². The Morgan fingerprint density at radius 3 is 2.16 bits per heavy atom. The van der Waals surface area contributed by atoms with E-state index in [1.54, 1.807) is 7.11 Å². The molecule has 1 atom stereocenters. The molecule has 0 saturated heterocycles. The van der Waals surface area contributed by atoms with E-state index in [0.29, 0.717) is 5.92 Å². The topological polar surface area (TPSA) is 26.3 Å². The van der Waals surface area contributed by atoms with Gasteiger partial charge in [0.05, 0.1) is 0 Å². The van der Waals surface area contributed by atoms with Gasteiger partial charge in [0, 0.05) is 12.7 Å². The summed E-state index contributed by atoms with van der Waals surface area (Å²) >= 11 is 0. The van der Waals surface area contributed by atoms with Gasteiger partial charge >= 0.3 is 0 Å². The van der Waals surface area contributed by atoms with Gasteiger partial charge in [0.15, 0.2) is 5.78 Å². The third kappa shape index (κ3) is 3.06. The second kappa shape index (κ2) is 5.46. The van der Waals surface area contributed by atoms with Crippen LogP contribution in [-0.2, 0) is 4.74 Å². The second-order valence-electron chi connectivity index (χ2n) is 6.60. The number of methoxy groups -OCH3 is 1. The van der Waals surface area contributed by atoms with Crippen molar-refractivity contribution in [3.8, 4) is 0 Å². The average molecular weight is 260 g/mol. The molecule has 1 aromatic carbocycles. The van der Waals surface area contributed by atoms with E-state index in [2.05, 4.69) is 12.1 Å². The largest absolute Gasteiger partial charge is 0.373 e. The number of hydrogen-bond acceptors (Lipinski definition) is 2. The van der Waals surface area contributed by atoms with Crippen LogP contribution in [0.2, 0.25) is 0 Å². The number of ketones is 1. The van der Waals surface area contributed by atoms with Crippen LogP contribution in [0.4, 0.5) is 0 Å². The zero-order chi connectivity index (χ0) is 14.0. The van der Waals surface area contributed by atoms with Crippen molar-refractivity contribution in [2.45, 2.75) is 52.1 Å². The van der Waals surface area contributed by atoms with E-state index >= 15 is 0 Å². The number of carbonyl (C=O) groups excluding carboxylic acids is 1. The van der Waals surface area contributed by atoms with Crippen molar-refractivity contribution in [3.05, 3.63) is 35.4 Å². The fourth-order valence-electron chi connectivity index (χ4n) is 2.67. The van der Waals surface area contributed by atoms with Gasteiger partial charge < -0.3 is 4.74 Å². The Kier molecular flexibility index (Phi) is 4.10. The summed E-state index contributed by atoms with van der Waals surface area (Å²) in [4.78, 5) is 12.5. The lowest BCUT2D eigenvalue weighted by molar-refractivity contribution is 0.0196. The minimum Gasteiger partial charge on any atom is -0.373 e. The maximum atomic E-state index is 12.5. The molecule has 1 aromatic rings. The third-order valence-electron chi connectivity index (χ3n) is 4.03. The molecule has 0 aromatic heterocycles. The Morgan fingerprint density at radius 2 is 1.79 bits per heavy atom. The minimum absolute atomic E-state index is 0.0789. The minimum atomic E-state index is -0.387. The number of carbonyl (C=O) groups is 1. The highest BCUT2D eigenvalue weighted by atomic mass is 16.5. The van der Waals surface area contributed by atoms with Crippen molar-refractivity contribution in [2.24, 2.45) is 5.41 Å². The lowest BCUT2D eigenvalue weighted by Gasteiger charge is -2.28. The first-order chi connectivity index (χ1) is 8.93. The van der Waals surface area contributed by atoms with E-state index in [9.17, 15) is 4.79 Å². The highest BCUT2D eigenvalue weighted by molar-refractivity contribution is 6.00. The van der Waals surface area contributed by atoms with Gasteiger partial charge in [-0.3, -0.25) is 4.79 Å². The molecule has 1 saturated carbocycles. The van der Waals surface area contributed by atoms with E-state index in [1.807, 2.05) is 32.9 Å². The molecule has 2 rings (SSSR count). The molecule has 2 heteroatoms. The van der Waals surface area contributed by atoms with Crippen LogP contribution in [0.25, 0.3) is 0 Å². The molecule has 0 heterocycles. The lowest BCUT2D eigenvalue weighted by Crippen LogP contribution is -2.36. The number of rotatable bonds is 4. The van der Waals surface area contributed by atoms with Crippen molar-refractivity contribution in [1.29, 1.82) is 0 Å². The van der Waals surface area contributed by atoms with Crippen molar-refractivity contribution < 1.29 is 9.53 Å². The SMILES string of the molecule is COC(C(=O)c1ccc(C2CCC2)cc1)C(C)(C)C.